The molecule has 29 heavy (non-hydrogen) atoms. The lowest BCUT2D eigenvalue weighted by molar-refractivity contribution is 0.0465. The Labute approximate surface area is 168 Å². The first-order chi connectivity index (χ1) is 14.0. The van der Waals surface area contributed by atoms with Gasteiger partial charge in [-0.25, -0.2) is 14.5 Å². The maximum absolute atomic E-state index is 12.8. The van der Waals surface area contributed by atoms with Crippen LogP contribution in [-0.4, -0.2) is 20.7 Å². The van der Waals surface area contributed by atoms with Crippen LogP contribution in [-0.2, 0) is 11.3 Å². The van der Waals surface area contributed by atoms with Crippen molar-refractivity contribution in [3.63, 3.8) is 0 Å². The van der Waals surface area contributed by atoms with E-state index < -0.39 is 5.97 Å². The molecule has 0 N–H and O–H groups in total. The summed E-state index contributed by atoms with van der Waals surface area (Å²) in [5.74, 6) is 0.717. The van der Waals surface area contributed by atoms with Crippen LogP contribution in [0.25, 0.3) is 17.1 Å². The number of hydrogen-bond acceptors (Lipinski definition) is 5. The average Bonchev–Trinajstić information content (AvgIpc) is 3.26. The van der Waals surface area contributed by atoms with Crippen molar-refractivity contribution >= 4 is 5.97 Å². The Hall–Kier alpha value is -3.67. The summed E-state index contributed by atoms with van der Waals surface area (Å²) in [5.41, 5.74) is 4.20. The van der Waals surface area contributed by atoms with Crippen molar-refractivity contribution in [3.8, 4) is 17.1 Å². The molecule has 146 valence electrons. The van der Waals surface area contributed by atoms with Gasteiger partial charge < -0.3 is 9.15 Å². The van der Waals surface area contributed by atoms with E-state index in [1.165, 1.54) is 0 Å². The van der Waals surface area contributed by atoms with Crippen molar-refractivity contribution in [2.24, 2.45) is 0 Å². The van der Waals surface area contributed by atoms with Gasteiger partial charge in [-0.2, -0.15) is 5.10 Å². The largest absolute Gasteiger partial charge is 0.455 e. The van der Waals surface area contributed by atoms with E-state index in [0.717, 1.165) is 16.9 Å². The summed E-state index contributed by atoms with van der Waals surface area (Å²) >= 11 is 0. The molecule has 0 spiro atoms. The van der Waals surface area contributed by atoms with Gasteiger partial charge in [0.25, 0.3) is 0 Å². The van der Waals surface area contributed by atoms with Crippen LogP contribution >= 0.6 is 0 Å². The van der Waals surface area contributed by atoms with Crippen LogP contribution < -0.4 is 0 Å². The number of oxazole rings is 1. The molecule has 6 heteroatoms. The summed E-state index contributed by atoms with van der Waals surface area (Å²) in [6, 6.07) is 19.3. The molecule has 0 radical (unpaired) electrons. The first kappa shape index (κ1) is 18.7. The second kappa shape index (κ2) is 7.75. The molecule has 2 aromatic heterocycles. The Morgan fingerprint density at radius 3 is 2.34 bits per heavy atom. The number of esters is 1. The van der Waals surface area contributed by atoms with Crippen LogP contribution in [0.4, 0.5) is 0 Å². The molecule has 4 aromatic rings. The highest BCUT2D eigenvalue weighted by Gasteiger charge is 2.22. The number of para-hydroxylation sites is 1. The fourth-order valence-electron chi connectivity index (χ4n) is 3.23. The van der Waals surface area contributed by atoms with Gasteiger partial charge in [0.05, 0.1) is 17.1 Å². The Morgan fingerprint density at radius 2 is 1.66 bits per heavy atom. The predicted molar refractivity (Wildman–Crippen MR) is 109 cm³/mol. The van der Waals surface area contributed by atoms with Crippen LogP contribution in [0.3, 0.4) is 0 Å². The zero-order chi connectivity index (χ0) is 20.4. The Kier molecular flexibility index (Phi) is 4.99. The van der Waals surface area contributed by atoms with E-state index >= 15 is 0 Å². The van der Waals surface area contributed by atoms with Gasteiger partial charge in [0, 0.05) is 5.56 Å². The van der Waals surface area contributed by atoms with Gasteiger partial charge >= 0.3 is 5.97 Å². The lowest BCUT2D eigenvalue weighted by atomic mass is 10.2. The Bertz CT molecular complexity index is 1150. The van der Waals surface area contributed by atoms with Crippen molar-refractivity contribution in [3.05, 3.63) is 89.1 Å². The third-order valence-electron chi connectivity index (χ3n) is 4.75. The minimum absolute atomic E-state index is 0.0381. The average molecular weight is 387 g/mol. The molecule has 0 bridgehead atoms. The maximum atomic E-state index is 12.8. The lowest BCUT2D eigenvalue weighted by Gasteiger charge is -2.05. The number of aryl methyl sites for hydroxylation is 2. The molecular formula is C23H21N3O3. The smallest absolute Gasteiger partial charge is 0.342 e. The fourth-order valence-corrected chi connectivity index (χ4v) is 3.23. The molecule has 4 rings (SSSR count). The van der Waals surface area contributed by atoms with E-state index in [0.29, 0.717) is 28.6 Å². The summed E-state index contributed by atoms with van der Waals surface area (Å²) < 4.78 is 13.0. The van der Waals surface area contributed by atoms with Gasteiger partial charge in [-0.15, -0.1) is 0 Å². The normalized spacial score (nSPS) is 10.9. The topological polar surface area (TPSA) is 70.2 Å². The third kappa shape index (κ3) is 3.69. The van der Waals surface area contributed by atoms with Crippen molar-refractivity contribution in [1.29, 1.82) is 0 Å². The second-order valence-electron chi connectivity index (χ2n) is 6.76. The van der Waals surface area contributed by atoms with Crippen molar-refractivity contribution in [1.82, 2.24) is 14.8 Å². The first-order valence-electron chi connectivity index (χ1n) is 9.35. The van der Waals surface area contributed by atoms with E-state index in [9.17, 15) is 4.79 Å². The molecule has 0 saturated heterocycles. The number of aromatic nitrogens is 3. The highest BCUT2D eigenvalue weighted by Crippen LogP contribution is 2.23. The first-order valence-corrected chi connectivity index (χ1v) is 9.35. The van der Waals surface area contributed by atoms with Gasteiger partial charge in [-0.1, -0.05) is 36.4 Å². The molecule has 2 heterocycles. The van der Waals surface area contributed by atoms with Gasteiger partial charge in [-0.05, 0) is 45.0 Å². The van der Waals surface area contributed by atoms with Gasteiger partial charge in [-0.3, -0.25) is 0 Å². The van der Waals surface area contributed by atoms with E-state index in [1.807, 2.05) is 74.5 Å². The fraction of sp³-hybridized carbons (Fsp3) is 0.174. The van der Waals surface area contributed by atoms with Crippen LogP contribution in [0.5, 0.6) is 0 Å². The molecule has 0 aliphatic carbocycles. The molecule has 0 amide bonds. The van der Waals surface area contributed by atoms with E-state index in [-0.39, 0.29) is 6.61 Å². The lowest BCUT2D eigenvalue weighted by Crippen LogP contribution is -2.09. The number of ether oxygens (including phenoxy) is 1. The molecule has 0 saturated carbocycles. The predicted octanol–water partition coefficient (Wildman–Crippen LogP) is 4.81. The molecule has 6 nitrogen and oxygen atoms in total. The molecule has 0 aliphatic heterocycles. The van der Waals surface area contributed by atoms with E-state index in [2.05, 4.69) is 10.1 Å². The van der Waals surface area contributed by atoms with Crippen molar-refractivity contribution in [2.75, 3.05) is 0 Å². The minimum atomic E-state index is -0.425. The summed E-state index contributed by atoms with van der Waals surface area (Å²) in [5, 5.41) is 4.50. The summed E-state index contributed by atoms with van der Waals surface area (Å²) in [6.07, 6.45) is 0. The van der Waals surface area contributed by atoms with Crippen LogP contribution in [0, 0.1) is 20.8 Å². The van der Waals surface area contributed by atoms with Crippen LogP contribution in [0.2, 0.25) is 0 Å². The molecule has 0 atom stereocenters. The van der Waals surface area contributed by atoms with E-state index in [1.54, 1.807) is 11.6 Å². The maximum Gasteiger partial charge on any atom is 0.342 e. The third-order valence-corrected chi connectivity index (χ3v) is 4.75. The van der Waals surface area contributed by atoms with Gasteiger partial charge in [0.2, 0.25) is 5.89 Å². The highest BCUT2D eigenvalue weighted by atomic mass is 16.5. The second-order valence-corrected chi connectivity index (χ2v) is 6.76. The molecule has 0 aliphatic rings. The number of hydrogen-bond donors (Lipinski definition) is 0. The molecule has 2 aromatic carbocycles. The van der Waals surface area contributed by atoms with Gasteiger partial charge in [0.1, 0.15) is 23.6 Å². The monoisotopic (exact) mass is 387 g/mol. The SMILES string of the molecule is Cc1nn(-c2ccccc2)c(C)c1C(=O)OCc1nc(-c2ccccc2)oc1C. The van der Waals surface area contributed by atoms with Gasteiger partial charge in [0.15, 0.2) is 0 Å². The number of carbonyl (C=O) groups is 1. The number of benzene rings is 2. The molecule has 0 fully saturated rings. The van der Waals surface area contributed by atoms with Crippen molar-refractivity contribution < 1.29 is 13.9 Å². The standard InChI is InChI=1S/C23H21N3O3/c1-15-21(16(2)26(25-15)19-12-8-5-9-13-19)23(27)28-14-20-17(3)29-22(24-20)18-10-6-4-7-11-18/h4-13H,14H2,1-3H3. The van der Waals surface area contributed by atoms with Crippen LogP contribution in [0.15, 0.2) is 65.1 Å². The summed E-state index contributed by atoms with van der Waals surface area (Å²) in [6.45, 7) is 5.51. The number of carbonyl (C=O) groups excluding carboxylic acids is 1. The Morgan fingerprint density at radius 1 is 1.00 bits per heavy atom. The highest BCUT2D eigenvalue weighted by molar-refractivity contribution is 5.92. The van der Waals surface area contributed by atoms with Crippen LogP contribution in [0.1, 0.15) is 33.2 Å². The number of nitrogens with zero attached hydrogens (tertiary/aromatic N) is 3. The van der Waals surface area contributed by atoms with Crippen molar-refractivity contribution in [2.45, 2.75) is 27.4 Å². The van der Waals surface area contributed by atoms with E-state index in [4.69, 9.17) is 9.15 Å². The molecule has 0 unspecified atom stereocenters. The zero-order valence-electron chi connectivity index (χ0n) is 16.5. The minimum Gasteiger partial charge on any atom is -0.455 e. The quantitative estimate of drug-likeness (QED) is 0.460. The Balaban J connectivity index is 1.53. The number of rotatable bonds is 5. The summed E-state index contributed by atoms with van der Waals surface area (Å²) in [4.78, 5) is 17.2. The zero-order valence-corrected chi connectivity index (χ0v) is 16.5. The summed E-state index contributed by atoms with van der Waals surface area (Å²) in [7, 11) is 0. The molecular weight excluding hydrogens is 366 g/mol.